The van der Waals surface area contributed by atoms with Gasteiger partial charge in [-0.2, -0.15) is 0 Å². The van der Waals surface area contributed by atoms with Gasteiger partial charge >= 0.3 is 0 Å². The van der Waals surface area contributed by atoms with Crippen molar-refractivity contribution in [2.24, 2.45) is 0 Å². The van der Waals surface area contributed by atoms with E-state index in [0.29, 0.717) is 13.0 Å². The third kappa shape index (κ3) is 2.84. The normalized spacial score (nSPS) is 10.4. The Bertz CT molecular complexity index is 514. The fraction of sp³-hybridized carbons (Fsp3) is 0.200. The molecule has 17 heavy (non-hydrogen) atoms. The smallest absolute Gasteiger partial charge is 0.220 e. The zero-order valence-corrected chi connectivity index (χ0v) is 9.94. The number of amides is 1. The van der Waals surface area contributed by atoms with Crippen molar-refractivity contribution in [3.8, 4) is 0 Å². The van der Waals surface area contributed by atoms with Crippen molar-refractivity contribution in [3.63, 3.8) is 0 Å². The zero-order chi connectivity index (χ0) is 12.1. The first-order valence-electron chi connectivity index (χ1n) is 5.82. The van der Waals surface area contributed by atoms with Crippen molar-refractivity contribution in [3.05, 3.63) is 54.4 Å². The largest absolute Gasteiger partial charge is 0.352 e. The van der Waals surface area contributed by atoms with Crippen LogP contribution in [-0.4, -0.2) is 5.91 Å². The van der Waals surface area contributed by atoms with Gasteiger partial charge in [0.05, 0.1) is 0 Å². The van der Waals surface area contributed by atoms with Crippen molar-refractivity contribution in [1.29, 1.82) is 0 Å². The first-order chi connectivity index (χ1) is 8.31. The van der Waals surface area contributed by atoms with Gasteiger partial charge in [-0.05, 0) is 22.8 Å². The maximum absolute atomic E-state index is 11.4. The molecule has 2 aromatic rings. The van der Waals surface area contributed by atoms with Gasteiger partial charge in [0.1, 0.15) is 0 Å². The minimum atomic E-state index is 0.0698. The highest BCUT2D eigenvalue weighted by atomic mass is 16.1. The Hall–Kier alpha value is -1.83. The molecule has 0 aliphatic carbocycles. The first-order valence-corrected chi connectivity index (χ1v) is 5.82. The molecule has 0 unspecified atom stereocenters. The van der Waals surface area contributed by atoms with E-state index in [1.54, 1.807) is 0 Å². The average Bonchev–Trinajstić information content (AvgIpc) is 2.36. The molecule has 2 nitrogen and oxygen atoms in total. The Morgan fingerprint density at radius 1 is 1.18 bits per heavy atom. The van der Waals surface area contributed by atoms with Crippen molar-refractivity contribution in [2.75, 3.05) is 0 Å². The highest BCUT2D eigenvalue weighted by Gasteiger charge is 2.02. The van der Waals surface area contributed by atoms with Crippen LogP contribution in [0.4, 0.5) is 0 Å². The number of nitrogens with one attached hydrogen (secondary N) is 1. The van der Waals surface area contributed by atoms with Gasteiger partial charge in [-0.3, -0.25) is 4.79 Å². The molecule has 0 atom stereocenters. The van der Waals surface area contributed by atoms with E-state index < -0.39 is 0 Å². The second kappa shape index (κ2) is 5.48. The lowest BCUT2D eigenvalue weighted by Crippen LogP contribution is -2.22. The molecule has 2 aromatic carbocycles. The number of hydrogen-bond donors (Lipinski definition) is 1. The van der Waals surface area contributed by atoms with Gasteiger partial charge in [0.15, 0.2) is 0 Å². The van der Waals surface area contributed by atoms with Crippen LogP contribution in [0.5, 0.6) is 0 Å². The Morgan fingerprint density at radius 3 is 2.76 bits per heavy atom. The second-order valence-corrected chi connectivity index (χ2v) is 4.03. The predicted molar refractivity (Wildman–Crippen MR) is 70.4 cm³/mol. The first kappa shape index (κ1) is 11.6. The third-order valence-corrected chi connectivity index (χ3v) is 2.75. The molecule has 1 N–H and O–H groups in total. The number of hydrogen-bond acceptors (Lipinski definition) is 1. The van der Waals surface area contributed by atoms with Crippen molar-refractivity contribution < 1.29 is 4.79 Å². The van der Waals surface area contributed by atoms with Gasteiger partial charge in [-0.25, -0.2) is 0 Å². The molecule has 0 aliphatic rings. The summed E-state index contributed by atoms with van der Waals surface area (Å²) in [6.07, 6.45) is 2.34. The van der Waals surface area contributed by atoms with Crippen LogP contribution in [0.3, 0.4) is 0 Å². The molecule has 0 aromatic heterocycles. The third-order valence-electron chi connectivity index (χ3n) is 2.75. The summed E-state index contributed by atoms with van der Waals surface area (Å²) in [7, 11) is 0. The van der Waals surface area contributed by atoms with E-state index in [2.05, 4.69) is 29.6 Å². The van der Waals surface area contributed by atoms with Gasteiger partial charge in [0.2, 0.25) is 5.91 Å². The minimum Gasteiger partial charge on any atom is -0.352 e. The van der Waals surface area contributed by atoms with Crippen molar-refractivity contribution >= 4 is 16.7 Å². The second-order valence-electron chi connectivity index (χ2n) is 4.03. The molecule has 0 aliphatic heterocycles. The Kier molecular flexibility index (Phi) is 3.76. The lowest BCUT2D eigenvalue weighted by Gasteiger charge is -2.07. The topological polar surface area (TPSA) is 29.1 Å². The number of carbonyl (C=O) groups excluding carboxylic acids is 1. The van der Waals surface area contributed by atoms with Crippen LogP contribution in [0.1, 0.15) is 18.9 Å². The number of rotatable bonds is 4. The number of fused-ring (bicyclic) bond motifs is 1. The van der Waals surface area contributed by atoms with Gasteiger partial charge in [-0.1, -0.05) is 49.4 Å². The summed E-state index contributed by atoms with van der Waals surface area (Å²) in [6.45, 7) is 2.48. The van der Waals surface area contributed by atoms with E-state index in [0.717, 1.165) is 5.56 Å². The molecule has 2 rings (SSSR count). The quantitative estimate of drug-likeness (QED) is 0.852. The summed E-state index contributed by atoms with van der Waals surface area (Å²) in [6, 6.07) is 14.4. The lowest BCUT2D eigenvalue weighted by molar-refractivity contribution is -0.120. The minimum absolute atomic E-state index is 0.0698. The van der Waals surface area contributed by atoms with E-state index in [1.807, 2.05) is 31.5 Å². The molecule has 0 bridgehead atoms. The Morgan fingerprint density at radius 2 is 1.94 bits per heavy atom. The maximum atomic E-state index is 11.4. The molecule has 2 heteroatoms. The van der Waals surface area contributed by atoms with Crippen LogP contribution < -0.4 is 5.32 Å². The van der Waals surface area contributed by atoms with Crippen molar-refractivity contribution in [2.45, 2.75) is 19.9 Å². The van der Waals surface area contributed by atoms with E-state index in [9.17, 15) is 4.79 Å². The molecule has 0 fully saturated rings. The molecule has 0 saturated heterocycles. The fourth-order valence-corrected chi connectivity index (χ4v) is 1.90. The molecule has 1 amide bonds. The average molecular weight is 226 g/mol. The summed E-state index contributed by atoms with van der Waals surface area (Å²) in [5.74, 6) is 0.0698. The summed E-state index contributed by atoms with van der Waals surface area (Å²) >= 11 is 0. The van der Waals surface area contributed by atoms with E-state index >= 15 is 0 Å². The molecule has 0 saturated carbocycles. The van der Waals surface area contributed by atoms with Crippen LogP contribution in [0.25, 0.3) is 10.8 Å². The molecule has 0 spiro atoms. The highest BCUT2D eigenvalue weighted by Crippen LogP contribution is 2.18. The predicted octanol–water partition coefficient (Wildman–Crippen LogP) is 3.07. The summed E-state index contributed by atoms with van der Waals surface area (Å²) in [4.78, 5) is 11.4. The maximum Gasteiger partial charge on any atom is 0.220 e. The molecular weight excluding hydrogens is 210 g/mol. The summed E-state index contributed by atoms with van der Waals surface area (Å²) < 4.78 is 0. The van der Waals surface area contributed by atoms with Crippen LogP contribution in [-0.2, 0) is 11.3 Å². The summed E-state index contributed by atoms with van der Waals surface area (Å²) in [5.41, 5.74) is 1.16. The van der Waals surface area contributed by atoms with Crippen molar-refractivity contribution in [1.82, 2.24) is 5.32 Å². The summed E-state index contributed by atoms with van der Waals surface area (Å²) in [5, 5.41) is 5.34. The van der Waals surface area contributed by atoms with E-state index in [1.165, 1.54) is 10.8 Å². The van der Waals surface area contributed by atoms with E-state index in [4.69, 9.17) is 0 Å². The van der Waals surface area contributed by atoms with Crippen LogP contribution in [0, 0.1) is 6.42 Å². The molecular formula is C15H16NO. The molecule has 1 radical (unpaired) electrons. The van der Waals surface area contributed by atoms with Crippen LogP contribution >= 0.6 is 0 Å². The molecule has 0 heterocycles. The highest BCUT2D eigenvalue weighted by molar-refractivity contribution is 5.86. The fourth-order valence-electron chi connectivity index (χ4n) is 1.90. The van der Waals surface area contributed by atoms with Gasteiger partial charge in [-0.15, -0.1) is 0 Å². The Labute approximate surface area is 102 Å². The SMILES string of the molecule is C[CH]CC(=O)NCc1cccc2ccccc12. The van der Waals surface area contributed by atoms with Gasteiger partial charge < -0.3 is 5.32 Å². The van der Waals surface area contributed by atoms with Crippen LogP contribution in [0.15, 0.2) is 42.5 Å². The Balaban J connectivity index is 2.16. The van der Waals surface area contributed by atoms with E-state index in [-0.39, 0.29) is 5.91 Å². The van der Waals surface area contributed by atoms with Gasteiger partial charge in [0.25, 0.3) is 0 Å². The number of carbonyl (C=O) groups is 1. The molecule has 87 valence electrons. The zero-order valence-electron chi connectivity index (χ0n) is 9.94. The number of benzene rings is 2. The standard InChI is InChI=1S/C15H16NO/c1-2-6-15(17)16-11-13-9-5-8-12-7-3-4-10-14(12)13/h2-5,7-10H,6,11H2,1H3,(H,16,17). The van der Waals surface area contributed by atoms with Crippen LogP contribution in [0.2, 0.25) is 0 Å². The lowest BCUT2D eigenvalue weighted by atomic mass is 10.0. The van der Waals surface area contributed by atoms with Gasteiger partial charge in [0, 0.05) is 13.0 Å². The monoisotopic (exact) mass is 226 g/mol.